The third-order valence-electron chi connectivity index (χ3n) is 8.52. The summed E-state index contributed by atoms with van der Waals surface area (Å²) in [6.07, 6.45) is 13.3. The largest absolute Gasteiger partial charge is 0.481 e. The predicted molar refractivity (Wildman–Crippen MR) is 161 cm³/mol. The van der Waals surface area contributed by atoms with Crippen molar-refractivity contribution in [1.29, 1.82) is 0 Å². The maximum Gasteiger partial charge on any atom is 0.304 e. The second-order valence-corrected chi connectivity index (χ2v) is 11.6. The van der Waals surface area contributed by atoms with Crippen molar-refractivity contribution in [3.63, 3.8) is 0 Å². The molecule has 0 radical (unpaired) electrons. The van der Waals surface area contributed by atoms with E-state index in [-0.39, 0.29) is 12.3 Å². The number of carboxylic acid groups (broad SMARTS) is 1. The van der Waals surface area contributed by atoms with Crippen molar-refractivity contribution in [2.24, 2.45) is 11.8 Å². The van der Waals surface area contributed by atoms with Gasteiger partial charge in [-0.15, -0.1) is 0 Å². The van der Waals surface area contributed by atoms with Crippen LogP contribution in [0, 0.1) is 11.8 Å². The van der Waals surface area contributed by atoms with E-state index in [1.165, 1.54) is 12.0 Å². The zero-order chi connectivity index (χ0) is 28.6. The second-order valence-electron chi connectivity index (χ2n) is 11.6. The van der Waals surface area contributed by atoms with E-state index < -0.39 is 5.97 Å². The number of carboxylic acids is 1. The summed E-state index contributed by atoms with van der Waals surface area (Å²) in [5, 5.41) is 17.6. The van der Waals surface area contributed by atoms with Gasteiger partial charge in [0.15, 0.2) is 0 Å². The Hall–Kier alpha value is -3.43. The van der Waals surface area contributed by atoms with Crippen LogP contribution in [0.3, 0.4) is 0 Å². The summed E-state index contributed by atoms with van der Waals surface area (Å²) in [5.74, 6) is 0.679. The minimum atomic E-state index is -0.798. The quantitative estimate of drug-likeness (QED) is 0.371. The number of allylic oxidation sites excluding steroid dienone is 4. The Bertz CT molecular complexity index is 1250. The Morgan fingerprint density at radius 3 is 2.90 bits per heavy atom. The van der Waals surface area contributed by atoms with E-state index in [9.17, 15) is 9.90 Å². The number of morpholine rings is 1. The molecule has 0 aromatic carbocycles. The van der Waals surface area contributed by atoms with E-state index in [1.54, 1.807) is 6.20 Å². The molecule has 0 aliphatic carbocycles. The normalized spacial score (nSPS) is 20.9. The number of pyridine rings is 1. The highest BCUT2D eigenvalue weighted by Crippen LogP contribution is 2.27. The van der Waals surface area contributed by atoms with Crippen molar-refractivity contribution in [3.8, 4) is 0 Å². The number of anilines is 1. The van der Waals surface area contributed by atoms with Gasteiger partial charge in [-0.25, -0.2) is 9.67 Å². The minimum absolute atomic E-state index is 0.0566. The van der Waals surface area contributed by atoms with E-state index >= 15 is 0 Å². The number of aliphatic carboxylic acids is 1. The van der Waals surface area contributed by atoms with Crippen LogP contribution in [0.4, 0.5) is 5.82 Å². The summed E-state index contributed by atoms with van der Waals surface area (Å²) < 4.78 is 7.33. The Balaban J connectivity index is 1.22. The summed E-state index contributed by atoms with van der Waals surface area (Å²) in [7, 11) is 0. The maximum atomic E-state index is 11.9. The Labute approximate surface area is 243 Å². The van der Waals surface area contributed by atoms with Gasteiger partial charge in [-0.3, -0.25) is 4.79 Å². The number of nitrogens with zero attached hydrogens (tertiary/aromatic N) is 5. The lowest BCUT2D eigenvalue weighted by Crippen LogP contribution is -2.34. The van der Waals surface area contributed by atoms with Gasteiger partial charge in [0.05, 0.1) is 25.3 Å². The number of aryl methyl sites for hydroxylation is 2. The molecule has 2 aromatic rings. The molecular formula is C32H44N6O3. The number of carbonyl (C=O) groups is 1. The van der Waals surface area contributed by atoms with Crippen molar-refractivity contribution in [2.75, 3.05) is 57.8 Å². The molecule has 9 nitrogen and oxygen atoms in total. The lowest BCUT2D eigenvalue weighted by Gasteiger charge is -2.29. The summed E-state index contributed by atoms with van der Waals surface area (Å²) in [6, 6.07) is 6.31. The smallest absolute Gasteiger partial charge is 0.304 e. The lowest BCUT2D eigenvalue weighted by molar-refractivity contribution is -0.137. The van der Waals surface area contributed by atoms with Crippen LogP contribution in [0.5, 0.6) is 0 Å². The van der Waals surface area contributed by atoms with Crippen LogP contribution in [0.1, 0.15) is 43.9 Å². The van der Waals surface area contributed by atoms with E-state index in [4.69, 9.17) is 9.72 Å². The van der Waals surface area contributed by atoms with Crippen LogP contribution in [-0.2, 0) is 22.4 Å². The zero-order valence-corrected chi connectivity index (χ0v) is 24.3. The molecule has 41 heavy (non-hydrogen) atoms. The van der Waals surface area contributed by atoms with Gasteiger partial charge in [0.1, 0.15) is 5.82 Å². The highest BCUT2D eigenvalue weighted by Gasteiger charge is 2.27. The molecule has 2 aromatic heterocycles. The number of fused-ring (bicyclic) bond motifs is 1. The number of nitrogens with one attached hydrogen (secondary N) is 1. The monoisotopic (exact) mass is 560 g/mol. The van der Waals surface area contributed by atoms with Gasteiger partial charge in [-0.1, -0.05) is 12.6 Å². The zero-order valence-electron chi connectivity index (χ0n) is 24.3. The van der Waals surface area contributed by atoms with E-state index in [0.29, 0.717) is 12.5 Å². The molecule has 5 rings (SSSR count). The number of ether oxygens (including phenoxy) is 1. The van der Waals surface area contributed by atoms with Crippen molar-refractivity contribution in [1.82, 2.24) is 24.6 Å². The van der Waals surface area contributed by atoms with Gasteiger partial charge in [0.25, 0.3) is 0 Å². The number of likely N-dealkylation sites (tertiary alicyclic amines) is 1. The van der Waals surface area contributed by atoms with Gasteiger partial charge >= 0.3 is 5.97 Å². The average Bonchev–Trinajstić information content (AvgIpc) is 3.68. The van der Waals surface area contributed by atoms with Gasteiger partial charge in [-0.05, 0) is 86.9 Å². The topological polar surface area (TPSA) is 95.8 Å². The van der Waals surface area contributed by atoms with E-state index in [2.05, 4.69) is 51.9 Å². The molecule has 2 N–H and O–H groups in total. The second kappa shape index (κ2) is 14.0. The molecule has 2 fully saturated rings. The minimum Gasteiger partial charge on any atom is -0.481 e. The first-order chi connectivity index (χ1) is 19.9. The molecule has 2 atom stereocenters. The van der Waals surface area contributed by atoms with Crippen LogP contribution >= 0.6 is 0 Å². The molecular weight excluding hydrogens is 516 g/mol. The molecule has 220 valence electrons. The molecule has 0 spiro atoms. The number of aromatic nitrogens is 3. The standard InChI is InChI=1S/C32H44N6O3/c1-24(19-30(38-13-4-12-34-38)20-25(2)37-15-17-41-18-16-37)28(21-31(39)40)23-36-14-10-26(22-36)6-8-29-9-7-27-5-3-11-33-32(27)35-29/h4,7,9,12-13,19-20,26,28H,1,3,5-6,8,10-11,14-18,21-23H2,2H3,(H,33,35)(H,39,40)/b25-20+,30-19+/t26?,28-/m1/s1. The highest BCUT2D eigenvalue weighted by molar-refractivity contribution is 5.68. The highest BCUT2D eigenvalue weighted by atomic mass is 16.5. The first-order valence-corrected chi connectivity index (χ1v) is 15.0. The van der Waals surface area contributed by atoms with Crippen molar-refractivity contribution < 1.29 is 14.6 Å². The Morgan fingerprint density at radius 1 is 1.27 bits per heavy atom. The lowest BCUT2D eigenvalue weighted by atomic mass is 9.95. The summed E-state index contributed by atoms with van der Waals surface area (Å²) in [6.45, 7) is 13.3. The first-order valence-electron chi connectivity index (χ1n) is 15.0. The van der Waals surface area contributed by atoms with Crippen LogP contribution in [0.15, 0.2) is 60.6 Å². The number of hydrogen-bond donors (Lipinski definition) is 2. The fraction of sp³-hybridized carbons (Fsp3) is 0.531. The summed E-state index contributed by atoms with van der Waals surface area (Å²) in [5.41, 5.74) is 5.31. The molecule has 5 heterocycles. The van der Waals surface area contributed by atoms with E-state index in [0.717, 1.165) is 100 Å². The summed E-state index contributed by atoms with van der Waals surface area (Å²) in [4.78, 5) is 21.5. The van der Waals surface area contributed by atoms with Crippen LogP contribution in [-0.4, -0.2) is 88.1 Å². The van der Waals surface area contributed by atoms with Crippen molar-refractivity contribution in [2.45, 2.75) is 45.4 Å². The van der Waals surface area contributed by atoms with Crippen LogP contribution in [0.25, 0.3) is 5.70 Å². The fourth-order valence-electron chi connectivity index (χ4n) is 6.13. The maximum absolute atomic E-state index is 11.9. The third-order valence-corrected chi connectivity index (χ3v) is 8.52. The Kier molecular flexibility index (Phi) is 9.90. The van der Waals surface area contributed by atoms with Gasteiger partial charge in [0.2, 0.25) is 0 Å². The predicted octanol–water partition coefficient (Wildman–Crippen LogP) is 4.31. The molecule has 0 amide bonds. The molecule has 3 aliphatic rings. The van der Waals surface area contributed by atoms with Crippen LogP contribution in [0.2, 0.25) is 0 Å². The first kappa shape index (κ1) is 29.1. The molecule has 9 heteroatoms. The van der Waals surface area contributed by atoms with Gasteiger partial charge in [-0.2, -0.15) is 5.10 Å². The SMILES string of the molecule is C=C(/C=C(\C=C(/C)N1CCOCC1)n1cccn1)[C@H](CC(=O)O)CN1CCC(CCc2ccc3c(n2)NCCC3)C1. The molecule has 2 saturated heterocycles. The molecule has 0 saturated carbocycles. The van der Waals surface area contributed by atoms with Crippen LogP contribution < -0.4 is 5.32 Å². The van der Waals surface area contributed by atoms with E-state index in [1.807, 2.05) is 23.0 Å². The Morgan fingerprint density at radius 2 is 2.12 bits per heavy atom. The van der Waals surface area contributed by atoms with Crippen molar-refractivity contribution >= 4 is 17.5 Å². The average molecular weight is 561 g/mol. The number of hydrogen-bond acceptors (Lipinski definition) is 7. The van der Waals surface area contributed by atoms with Crippen molar-refractivity contribution in [3.05, 3.63) is 71.9 Å². The fourth-order valence-corrected chi connectivity index (χ4v) is 6.13. The molecule has 1 unspecified atom stereocenters. The van der Waals surface area contributed by atoms with Gasteiger partial charge < -0.3 is 25.0 Å². The van der Waals surface area contributed by atoms with Gasteiger partial charge in [0, 0.05) is 62.4 Å². The summed E-state index contributed by atoms with van der Waals surface area (Å²) >= 11 is 0. The molecule has 3 aliphatic heterocycles. The molecule has 0 bridgehead atoms. The number of rotatable bonds is 12. The third kappa shape index (κ3) is 8.07.